The highest BCUT2D eigenvalue weighted by Gasteiger charge is 2.19. The van der Waals surface area contributed by atoms with E-state index in [1.54, 1.807) is 30.3 Å². The Hall–Kier alpha value is -1.60. The van der Waals surface area contributed by atoms with Crippen LogP contribution in [0.2, 0.25) is 0 Å². The third-order valence-corrected chi connectivity index (χ3v) is 5.81. The van der Waals surface area contributed by atoms with Gasteiger partial charge in [0.2, 0.25) is 5.91 Å². The number of likely N-dealkylation sites (N-methyl/N-ethyl adjacent to an activating group) is 1. The third kappa shape index (κ3) is 8.30. The minimum Gasteiger partial charge on any atom is -0.356 e. The molecule has 152 valence electrons. The predicted molar refractivity (Wildman–Crippen MR) is 115 cm³/mol. The number of carbonyl (C=O) groups is 1. The van der Waals surface area contributed by atoms with Crippen LogP contribution in [-0.2, 0) is 11.2 Å². The third-order valence-electron chi connectivity index (χ3n) is 4.87. The van der Waals surface area contributed by atoms with E-state index in [9.17, 15) is 4.79 Å². The molecule has 1 saturated heterocycles. The highest BCUT2D eigenvalue weighted by Crippen LogP contribution is 2.11. The van der Waals surface area contributed by atoms with Crippen LogP contribution in [0.15, 0.2) is 22.5 Å². The molecule has 0 atom stereocenters. The van der Waals surface area contributed by atoms with Gasteiger partial charge in [-0.2, -0.15) is 0 Å². The van der Waals surface area contributed by atoms with E-state index in [2.05, 4.69) is 45.0 Å². The quantitative estimate of drug-likeness (QED) is 0.499. The molecule has 0 aromatic carbocycles. The van der Waals surface area contributed by atoms with Crippen molar-refractivity contribution in [1.29, 1.82) is 0 Å². The number of thiophene rings is 1. The molecule has 0 unspecified atom stereocenters. The first kappa shape index (κ1) is 21.7. The number of carbonyl (C=O) groups excluding carboxylic acids is 1. The topological polar surface area (TPSA) is 60.0 Å². The van der Waals surface area contributed by atoms with Gasteiger partial charge in [-0.05, 0) is 43.7 Å². The van der Waals surface area contributed by atoms with Gasteiger partial charge in [-0.15, -0.1) is 11.3 Å². The molecular weight excluding hydrogens is 358 g/mol. The van der Waals surface area contributed by atoms with Crippen LogP contribution in [0.4, 0.5) is 0 Å². The Morgan fingerprint density at radius 1 is 1.37 bits per heavy atom. The van der Waals surface area contributed by atoms with Crippen LogP contribution in [0.3, 0.4) is 0 Å². The molecule has 1 aliphatic rings. The molecule has 1 amide bonds. The maximum Gasteiger partial charge on any atom is 0.243 e. The van der Waals surface area contributed by atoms with Gasteiger partial charge in [0.15, 0.2) is 5.96 Å². The summed E-state index contributed by atoms with van der Waals surface area (Å²) in [6, 6.07) is 4.65. The normalized spacial score (nSPS) is 16.3. The average molecular weight is 394 g/mol. The molecule has 1 aromatic heterocycles. The van der Waals surface area contributed by atoms with Crippen LogP contribution in [0, 0.1) is 0 Å². The number of hydrogen-bond donors (Lipinski definition) is 2. The Bertz CT molecular complexity index is 565. The minimum absolute atomic E-state index is 0.0174. The van der Waals surface area contributed by atoms with Crippen molar-refractivity contribution in [1.82, 2.24) is 20.4 Å². The van der Waals surface area contributed by atoms with Crippen LogP contribution in [0.1, 0.15) is 37.5 Å². The summed E-state index contributed by atoms with van der Waals surface area (Å²) in [5.74, 6) is 0.775. The highest BCUT2D eigenvalue weighted by molar-refractivity contribution is 7.09. The van der Waals surface area contributed by atoms with Crippen molar-refractivity contribution in [2.24, 2.45) is 4.99 Å². The first-order valence-corrected chi connectivity index (χ1v) is 11.0. The molecule has 6 nitrogen and oxygen atoms in total. The van der Waals surface area contributed by atoms with E-state index in [0.29, 0.717) is 6.04 Å². The lowest BCUT2D eigenvalue weighted by molar-refractivity contribution is -0.127. The predicted octanol–water partition coefficient (Wildman–Crippen LogP) is 2.18. The number of guanidine groups is 1. The second-order valence-corrected chi connectivity index (χ2v) is 8.36. The van der Waals surface area contributed by atoms with Crippen molar-refractivity contribution in [2.75, 3.05) is 46.8 Å². The molecular formula is C20H35N5OS. The monoisotopic (exact) mass is 393 g/mol. The maximum atomic E-state index is 11.9. The van der Waals surface area contributed by atoms with Gasteiger partial charge < -0.3 is 20.4 Å². The molecule has 0 bridgehead atoms. The summed E-state index contributed by atoms with van der Waals surface area (Å²) in [7, 11) is 3.53. The van der Waals surface area contributed by atoms with E-state index in [1.807, 2.05) is 0 Å². The number of hydrogen-bond acceptors (Lipinski definition) is 4. The zero-order valence-corrected chi connectivity index (χ0v) is 17.9. The fourth-order valence-electron chi connectivity index (χ4n) is 3.08. The molecule has 0 saturated carbocycles. The van der Waals surface area contributed by atoms with Crippen LogP contribution >= 0.6 is 11.3 Å². The van der Waals surface area contributed by atoms with Crippen molar-refractivity contribution in [3.63, 3.8) is 0 Å². The number of aliphatic imine (C=N–C) groups is 1. The molecule has 7 heteroatoms. The molecule has 2 rings (SSSR count). The summed E-state index contributed by atoms with van der Waals surface area (Å²) >= 11 is 1.77. The number of rotatable bonds is 9. The zero-order valence-electron chi connectivity index (χ0n) is 17.0. The lowest BCUT2D eigenvalue weighted by atomic mass is 10.0. The van der Waals surface area contributed by atoms with Crippen LogP contribution in [0.5, 0.6) is 0 Å². The van der Waals surface area contributed by atoms with Crippen molar-refractivity contribution in [3.8, 4) is 0 Å². The number of nitrogens with zero attached hydrogens (tertiary/aromatic N) is 3. The Kier molecular flexibility index (Phi) is 9.62. The number of likely N-dealkylation sites (tertiary alicyclic amines) is 1. The van der Waals surface area contributed by atoms with Crippen LogP contribution < -0.4 is 10.6 Å². The van der Waals surface area contributed by atoms with Gasteiger partial charge in [-0.1, -0.05) is 19.4 Å². The van der Waals surface area contributed by atoms with E-state index in [-0.39, 0.29) is 12.5 Å². The van der Waals surface area contributed by atoms with E-state index in [0.717, 1.165) is 44.9 Å². The highest BCUT2D eigenvalue weighted by atomic mass is 32.1. The van der Waals surface area contributed by atoms with Crippen LogP contribution in [-0.4, -0.2) is 74.5 Å². The SMILES string of the molecule is CCCCN1CCC(NC(=NCC(=O)N(C)C)NCCc2cccs2)CC1. The fourth-order valence-corrected chi connectivity index (χ4v) is 3.78. The number of amides is 1. The summed E-state index contributed by atoms with van der Waals surface area (Å²) in [6.07, 6.45) is 5.74. The van der Waals surface area contributed by atoms with E-state index >= 15 is 0 Å². The molecule has 1 fully saturated rings. The van der Waals surface area contributed by atoms with Crippen molar-refractivity contribution in [3.05, 3.63) is 22.4 Å². The second-order valence-electron chi connectivity index (χ2n) is 7.32. The largest absolute Gasteiger partial charge is 0.356 e. The smallest absolute Gasteiger partial charge is 0.243 e. The molecule has 1 aromatic rings. The van der Waals surface area contributed by atoms with Crippen molar-refractivity contribution >= 4 is 23.2 Å². The lowest BCUT2D eigenvalue weighted by Crippen LogP contribution is -2.49. The summed E-state index contributed by atoms with van der Waals surface area (Å²) in [5.41, 5.74) is 0. The summed E-state index contributed by atoms with van der Waals surface area (Å²) in [6.45, 7) is 6.72. The molecule has 1 aliphatic heterocycles. The van der Waals surface area contributed by atoms with Crippen molar-refractivity contribution in [2.45, 2.75) is 45.1 Å². The average Bonchev–Trinajstić information content (AvgIpc) is 3.18. The van der Waals surface area contributed by atoms with Gasteiger partial charge in [0.1, 0.15) is 6.54 Å². The minimum atomic E-state index is 0.0174. The molecule has 2 heterocycles. The molecule has 2 N–H and O–H groups in total. The van der Waals surface area contributed by atoms with Gasteiger partial charge in [0.25, 0.3) is 0 Å². The van der Waals surface area contributed by atoms with E-state index in [4.69, 9.17) is 0 Å². The van der Waals surface area contributed by atoms with Gasteiger partial charge in [-0.25, -0.2) is 4.99 Å². The molecule has 0 radical (unpaired) electrons. The Labute approximate surface area is 168 Å². The number of nitrogens with one attached hydrogen (secondary N) is 2. The first-order chi connectivity index (χ1) is 13.1. The molecule has 0 aliphatic carbocycles. The van der Waals surface area contributed by atoms with E-state index in [1.165, 1.54) is 24.3 Å². The van der Waals surface area contributed by atoms with Gasteiger partial charge in [0.05, 0.1) is 0 Å². The molecule has 0 spiro atoms. The zero-order chi connectivity index (χ0) is 19.5. The number of unbranched alkanes of at least 4 members (excludes halogenated alkanes) is 1. The van der Waals surface area contributed by atoms with Gasteiger partial charge >= 0.3 is 0 Å². The van der Waals surface area contributed by atoms with Gasteiger partial charge in [0, 0.05) is 44.6 Å². The maximum absolute atomic E-state index is 11.9. The standard InChI is InChI=1S/C20H35N5OS/c1-4-5-12-25-13-9-17(10-14-25)23-20(22-16-19(26)24(2)3)21-11-8-18-7-6-15-27-18/h6-7,15,17H,4-5,8-14,16H2,1-3H3,(H2,21,22,23). The van der Waals surface area contributed by atoms with Crippen LogP contribution in [0.25, 0.3) is 0 Å². The lowest BCUT2D eigenvalue weighted by Gasteiger charge is -2.33. The second kappa shape index (κ2) is 12.0. The summed E-state index contributed by atoms with van der Waals surface area (Å²) < 4.78 is 0. The summed E-state index contributed by atoms with van der Waals surface area (Å²) in [4.78, 5) is 21.9. The number of piperidine rings is 1. The Balaban J connectivity index is 1.83. The van der Waals surface area contributed by atoms with Crippen molar-refractivity contribution < 1.29 is 4.79 Å². The fraction of sp³-hybridized carbons (Fsp3) is 0.700. The first-order valence-electron chi connectivity index (χ1n) is 10.1. The van der Waals surface area contributed by atoms with E-state index < -0.39 is 0 Å². The molecule has 27 heavy (non-hydrogen) atoms. The Morgan fingerprint density at radius 2 is 2.15 bits per heavy atom. The Morgan fingerprint density at radius 3 is 2.78 bits per heavy atom. The van der Waals surface area contributed by atoms with Gasteiger partial charge in [-0.3, -0.25) is 4.79 Å². The summed E-state index contributed by atoms with van der Waals surface area (Å²) in [5, 5.41) is 9.06.